The molecule has 3 aromatic carbocycles. The van der Waals surface area contributed by atoms with Crippen LogP contribution in [0, 0.1) is 13.8 Å². The van der Waals surface area contributed by atoms with Crippen LogP contribution < -0.4 is 28.7 Å². The Kier molecular flexibility index (Phi) is 21.2. The molecular weight excluding hydrogens is 1100 g/mol. The topological polar surface area (TPSA) is 330 Å². The first-order chi connectivity index (χ1) is 41.5. The van der Waals surface area contributed by atoms with E-state index in [1.54, 1.807) is 24.7 Å². The van der Waals surface area contributed by atoms with E-state index >= 15 is 0 Å². The maximum absolute atomic E-state index is 8.92. The van der Waals surface area contributed by atoms with Gasteiger partial charge in [-0.1, -0.05) is 88.2 Å². The molecule has 0 saturated heterocycles. The fourth-order valence-electron chi connectivity index (χ4n) is 9.09. The minimum absolute atomic E-state index is 0.0631. The second-order valence-electron chi connectivity index (χ2n) is 19.9. The van der Waals surface area contributed by atoms with Crippen LogP contribution in [0.25, 0.3) is 56.3 Å². The van der Waals surface area contributed by atoms with E-state index in [0.717, 1.165) is 130 Å². The molecule has 0 aliphatic carbocycles. The molecule has 9 heterocycles. The second-order valence-corrected chi connectivity index (χ2v) is 20.3. The Bertz CT molecular complexity index is 4040. The number of nitrogen functional groups attached to an aromatic ring is 5. The molecule has 438 valence electrons. The quantitative estimate of drug-likeness (QED) is 0.0701. The highest BCUT2D eigenvalue weighted by Gasteiger charge is 2.15. The summed E-state index contributed by atoms with van der Waals surface area (Å²) in [6.07, 6.45) is 12.9. The third-order valence-corrected chi connectivity index (χ3v) is 13.9. The summed E-state index contributed by atoms with van der Waals surface area (Å²) in [4.78, 5) is 58.7. The predicted octanol–water partition coefficient (Wildman–Crippen LogP) is 10.9. The molecule has 0 amide bonds. The number of anilines is 5. The zero-order valence-electron chi connectivity index (χ0n) is 49.3. The zero-order valence-corrected chi connectivity index (χ0v) is 50.1. The number of aromatic nitrogens is 12. The molecule has 0 fully saturated rings. The van der Waals surface area contributed by atoms with Crippen LogP contribution in [-0.2, 0) is 51.8 Å². The molecule has 10 aromatic rings. The number of aliphatic imine (C=N–C) groups is 2. The van der Waals surface area contributed by atoms with E-state index in [0.29, 0.717) is 28.6 Å². The van der Waals surface area contributed by atoms with Gasteiger partial charge in [-0.3, -0.25) is 20.0 Å². The lowest BCUT2D eigenvalue weighted by atomic mass is 9.98. The standard InChI is InChI=1S/C15H16N4.C14H14N4.C13H15N3.C12H14N4O.C11H11ClN4/c1-3-12-6-14(19-15(16)18-12)13-5-11-8-17-7-10(11)4-9(13)2;1-2-12-6-13(18-14(15)17-12)9-3-4-10-7-16-8-11(10)5-9;1-3-11-8-12(16-13(14)15-11)10-6-4-5-9(2)7-10;1-2-9-5-11(16-12(13)15-9)8-3-4-10(7-17)14-6-8;1-2-7-5-10(16-11(13)15-7)8-3-4-14-6-9(8)12/h4-6,8H,3,7H2,1-2H3,(H2,16,18,19);3-6,8H,2,7H2,1H3,(H2,15,17,18);4-8H,3H2,1-2H3,(H2,14,15,16);3-6,17H,2,7H2,1H3,(H2,13,15,16);3-6H,2H2,1H3,(H2,13,15,16). The number of nitrogens with two attached hydrogens (primary N) is 5. The largest absolute Gasteiger partial charge is 0.390 e. The Morgan fingerprint density at radius 1 is 0.430 bits per heavy atom. The van der Waals surface area contributed by atoms with Crippen molar-refractivity contribution >= 4 is 53.8 Å². The van der Waals surface area contributed by atoms with Crippen LogP contribution in [0.4, 0.5) is 29.7 Å². The fraction of sp³-hybridized carbons (Fsp3) is 0.231. The third kappa shape index (κ3) is 16.6. The number of hydrogen-bond donors (Lipinski definition) is 6. The molecule has 0 atom stereocenters. The second kappa shape index (κ2) is 29.5. The van der Waals surface area contributed by atoms with E-state index in [1.807, 2.05) is 80.9 Å². The Labute approximate surface area is 505 Å². The van der Waals surface area contributed by atoms with E-state index in [-0.39, 0.29) is 18.5 Å². The molecule has 0 spiro atoms. The van der Waals surface area contributed by atoms with Crippen molar-refractivity contribution in [3.05, 3.63) is 194 Å². The van der Waals surface area contributed by atoms with Crippen LogP contribution in [0.5, 0.6) is 0 Å². The smallest absolute Gasteiger partial charge is 0.220 e. The number of hydrogen-bond acceptors (Lipinski definition) is 20. The molecule has 12 rings (SSSR count). The van der Waals surface area contributed by atoms with E-state index in [2.05, 4.69) is 147 Å². The van der Waals surface area contributed by atoms with Crippen molar-refractivity contribution < 1.29 is 5.11 Å². The lowest BCUT2D eigenvalue weighted by Crippen LogP contribution is -2.01. The number of halogens is 1. The summed E-state index contributed by atoms with van der Waals surface area (Å²) < 4.78 is 0. The molecule has 21 heteroatoms. The van der Waals surface area contributed by atoms with Gasteiger partial charge in [-0.05, 0) is 140 Å². The van der Waals surface area contributed by atoms with E-state index in [1.165, 1.54) is 33.4 Å². The molecule has 2 aliphatic heterocycles. The average molecular weight is 1170 g/mol. The number of aliphatic hydroxyl groups is 1. The zero-order chi connectivity index (χ0) is 61.3. The first kappa shape index (κ1) is 62.0. The number of aryl methyl sites for hydroxylation is 7. The summed E-state index contributed by atoms with van der Waals surface area (Å²) in [6, 6.07) is 34.0. The molecular formula is C65H70ClN19O. The monoisotopic (exact) mass is 1170 g/mol. The lowest BCUT2D eigenvalue weighted by molar-refractivity contribution is 0.277. The van der Waals surface area contributed by atoms with Crippen molar-refractivity contribution in [1.82, 2.24) is 59.8 Å². The Morgan fingerprint density at radius 2 is 0.884 bits per heavy atom. The summed E-state index contributed by atoms with van der Waals surface area (Å²) in [5.41, 5.74) is 50.2. The summed E-state index contributed by atoms with van der Waals surface area (Å²) in [6.45, 7) is 15.9. The van der Waals surface area contributed by atoms with Gasteiger partial charge in [0.1, 0.15) is 0 Å². The lowest BCUT2D eigenvalue weighted by Gasteiger charge is -2.10. The van der Waals surface area contributed by atoms with Gasteiger partial charge >= 0.3 is 0 Å². The van der Waals surface area contributed by atoms with E-state index < -0.39 is 0 Å². The van der Waals surface area contributed by atoms with Gasteiger partial charge in [0.2, 0.25) is 29.7 Å². The van der Waals surface area contributed by atoms with Gasteiger partial charge < -0.3 is 33.8 Å². The number of fused-ring (bicyclic) bond motifs is 2. The molecule has 20 nitrogen and oxygen atoms in total. The summed E-state index contributed by atoms with van der Waals surface area (Å²) in [7, 11) is 0. The Hall–Kier alpha value is -10.1. The van der Waals surface area contributed by atoms with Crippen molar-refractivity contribution in [2.75, 3.05) is 28.7 Å². The highest BCUT2D eigenvalue weighted by molar-refractivity contribution is 6.33. The van der Waals surface area contributed by atoms with Gasteiger partial charge in [0, 0.05) is 87.3 Å². The molecule has 2 aliphatic rings. The molecule has 0 bridgehead atoms. The molecule has 11 N–H and O–H groups in total. The van der Waals surface area contributed by atoms with Gasteiger partial charge in [0.05, 0.1) is 58.9 Å². The van der Waals surface area contributed by atoms with Gasteiger partial charge in [-0.2, -0.15) is 0 Å². The minimum Gasteiger partial charge on any atom is -0.390 e. The van der Waals surface area contributed by atoms with E-state index in [9.17, 15) is 0 Å². The van der Waals surface area contributed by atoms with Crippen molar-refractivity contribution in [3.8, 4) is 56.3 Å². The Balaban J connectivity index is 0.000000140. The first-order valence-electron chi connectivity index (χ1n) is 28.2. The number of pyridine rings is 2. The number of aliphatic hydroxyl groups excluding tert-OH is 1. The van der Waals surface area contributed by atoms with Crippen molar-refractivity contribution in [3.63, 3.8) is 0 Å². The Morgan fingerprint density at radius 3 is 1.36 bits per heavy atom. The van der Waals surface area contributed by atoms with Gasteiger partial charge in [-0.25, -0.2) is 49.8 Å². The molecule has 0 radical (unpaired) electrons. The van der Waals surface area contributed by atoms with Crippen molar-refractivity contribution in [1.29, 1.82) is 0 Å². The maximum atomic E-state index is 8.92. The first-order valence-corrected chi connectivity index (χ1v) is 28.6. The normalized spacial score (nSPS) is 11.4. The number of benzene rings is 3. The molecule has 0 saturated carbocycles. The van der Waals surface area contributed by atoms with E-state index in [4.69, 9.17) is 45.4 Å². The van der Waals surface area contributed by atoms with Crippen LogP contribution in [0.15, 0.2) is 132 Å². The van der Waals surface area contributed by atoms with Crippen LogP contribution in [0.3, 0.4) is 0 Å². The van der Waals surface area contributed by atoms with Crippen LogP contribution in [0.1, 0.15) is 102 Å². The maximum Gasteiger partial charge on any atom is 0.220 e. The summed E-state index contributed by atoms with van der Waals surface area (Å²) >= 11 is 6.04. The van der Waals surface area contributed by atoms with Gasteiger partial charge in [0.25, 0.3) is 0 Å². The molecule has 86 heavy (non-hydrogen) atoms. The van der Waals surface area contributed by atoms with Crippen LogP contribution >= 0.6 is 11.6 Å². The van der Waals surface area contributed by atoms with Crippen molar-refractivity contribution in [2.24, 2.45) is 9.98 Å². The van der Waals surface area contributed by atoms with Gasteiger partial charge in [0.15, 0.2) is 0 Å². The van der Waals surface area contributed by atoms with Crippen molar-refractivity contribution in [2.45, 2.75) is 100 Å². The summed E-state index contributed by atoms with van der Waals surface area (Å²) in [5.74, 6) is 1.55. The van der Waals surface area contributed by atoms with Crippen LogP contribution in [0.2, 0.25) is 5.02 Å². The number of rotatable bonds is 11. The van der Waals surface area contributed by atoms with Crippen LogP contribution in [-0.4, -0.2) is 77.3 Å². The predicted molar refractivity (Wildman–Crippen MR) is 345 cm³/mol. The SMILES string of the molecule is CCc1cc(-c2cc3c(cc2C)CN=C3)nc(N)n1.CCc1cc(-c2ccc(CO)nc2)nc(N)n1.CCc1cc(-c2ccc3c(c2)C=NC3)nc(N)n1.CCc1cc(-c2cccc(C)c2)nc(N)n1.CCc1cc(-c2ccncc2Cl)nc(N)n1. The molecule has 0 unspecified atom stereocenters. The number of nitrogens with zero attached hydrogens (tertiary/aromatic N) is 14. The minimum atomic E-state index is -0.0631. The van der Waals surface area contributed by atoms with Gasteiger partial charge in [-0.15, -0.1) is 0 Å². The third-order valence-electron chi connectivity index (χ3n) is 13.6. The fourth-order valence-corrected chi connectivity index (χ4v) is 9.31. The summed E-state index contributed by atoms with van der Waals surface area (Å²) in [5, 5.41) is 9.48. The highest BCUT2D eigenvalue weighted by Crippen LogP contribution is 2.30. The highest BCUT2D eigenvalue weighted by atomic mass is 35.5. The molecule has 7 aromatic heterocycles. The average Bonchev–Trinajstić information content (AvgIpc) is 4.34.